The van der Waals surface area contributed by atoms with Gasteiger partial charge in [-0.1, -0.05) is 24.3 Å². The normalized spacial score (nSPS) is 18.1. The molecule has 0 amide bonds. The number of halogens is 1. The van der Waals surface area contributed by atoms with Crippen molar-refractivity contribution in [1.29, 1.82) is 0 Å². The summed E-state index contributed by atoms with van der Waals surface area (Å²) >= 11 is 0. The summed E-state index contributed by atoms with van der Waals surface area (Å²) in [6.45, 7) is 0.433. The van der Waals surface area contributed by atoms with Gasteiger partial charge in [-0.15, -0.1) is 0 Å². The smallest absolute Gasteiger partial charge is 0.306 e. The maximum Gasteiger partial charge on any atom is 0.306 e. The third-order valence-corrected chi connectivity index (χ3v) is 6.69. The summed E-state index contributed by atoms with van der Waals surface area (Å²) in [4.78, 5) is 11.7. The van der Waals surface area contributed by atoms with Gasteiger partial charge in [0.2, 0.25) is 0 Å². The Labute approximate surface area is 198 Å². The molecule has 5 nitrogen and oxygen atoms in total. The number of hydrogen-bond acceptors (Lipinski definition) is 5. The SMILES string of the molecule is COC(=O)CC1COc2cc(O[C@@H]3CCc4c(Cc5cccc(OC)c5)ccc(F)c43)ccc21. The first-order valence-corrected chi connectivity index (χ1v) is 11.5. The molecule has 34 heavy (non-hydrogen) atoms. The average Bonchev–Trinajstić information content (AvgIpc) is 3.46. The molecule has 0 saturated carbocycles. The molecule has 1 unspecified atom stereocenters. The molecule has 0 radical (unpaired) electrons. The number of esters is 1. The Kier molecular flexibility index (Phi) is 6.14. The highest BCUT2D eigenvalue weighted by Crippen LogP contribution is 2.42. The van der Waals surface area contributed by atoms with Crippen molar-refractivity contribution in [1.82, 2.24) is 0 Å². The fraction of sp³-hybridized carbons (Fsp3) is 0.321. The fourth-order valence-electron chi connectivity index (χ4n) is 4.98. The predicted molar refractivity (Wildman–Crippen MR) is 125 cm³/mol. The molecule has 6 heteroatoms. The van der Waals surface area contributed by atoms with Gasteiger partial charge in [-0.2, -0.15) is 0 Å². The highest BCUT2D eigenvalue weighted by Gasteiger charge is 2.31. The monoisotopic (exact) mass is 462 g/mol. The van der Waals surface area contributed by atoms with Gasteiger partial charge in [0.15, 0.2) is 0 Å². The average molecular weight is 463 g/mol. The lowest BCUT2D eigenvalue weighted by Gasteiger charge is -2.17. The van der Waals surface area contributed by atoms with Crippen molar-refractivity contribution in [3.8, 4) is 17.2 Å². The molecule has 3 aromatic carbocycles. The van der Waals surface area contributed by atoms with Gasteiger partial charge in [-0.25, -0.2) is 4.39 Å². The number of rotatable bonds is 7. The molecule has 5 rings (SSSR count). The second-order valence-electron chi connectivity index (χ2n) is 8.76. The van der Waals surface area contributed by atoms with Crippen molar-refractivity contribution in [2.75, 3.05) is 20.8 Å². The van der Waals surface area contributed by atoms with Crippen LogP contribution in [0.2, 0.25) is 0 Å². The van der Waals surface area contributed by atoms with Crippen LogP contribution in [0.1, 0.15) is 52.7 Å². The second kappa shape index (κ2) is 9.37. The molecule has 1 aliphatic heterocycles. The van der Waals surface area contributed by atoms with Gasteiger partial charge in [-0.05, 0) is 60.2 Å². The molecule has 3 aromatic rings. The number of benzene rings is 3. The first-order valence-electron chi connectivity index (χ1n) is 11.5. The topological polar surface area (TPSA) is 54.0 Å². The van der Waals surface area contributed by atoms with Crippen molar-refractivity contribution in [2.45, 2.75) is 37.7 Å². The van der Waals surface area contributed by atoms with E-state index in [0.29, 0.717) is 36.5 Å². The molecule has 0 aromatic heterocycles. The summed E-state index contributed by atoms with van der Waals surface area (Å²) in [6, 6.07) is 17.0. The molecule has 0 fully saturated rings. The first-order chi connectivity index (χ1) is 16.6. The quantitative estimate of drug-likeness (QED) is 0.432. The van der Waals surface area contributed by atoms with Crippen molar-refractivity contribution in [3.05, 3.63) is 88.2 Å². The largest absolute Gasteiger partial charge is 0.497 e. The van der Waals surface area contributed by atoms with E-state index in [-0.39, 0.29) is 30.2 Å². The summed E-state index contributed by atoms with van der Waals surface area (Å²) in [5.74, 6) is 1.63. The number of fused-ring (bicyclic) bond motifs is 2. The Morgan fingerprint density at radius 1 is 1.09 bits per heavy atom. The lowest BCUT2D eigenvalue weighted by atomic mass is 9.96. The summed E-state index contributed by atoms with van der Waals surface area (Å²) in [6.07, 6.45) is 2.11. The molecule has 0 saturated heterocycles. The molecule has 176 valence electrons. The number of ether oxygens (including phenoxy) is 4. The second-order valence-corrected chi connectivity index (χ2v) is 8.76. The minimum atomic E-state index is -0.356. The van der Waals surface area contributed by atoms with Crippen LogP contribution >= 0.6 is 0 Å². The Balaban J connectivity index is 1.35. The maximum absolute atomic E-state index is 14.9. The molecule has 0 spiro atoms. The zero-order valence-corrected chi connectivity index (χ0v) is 19.3. The van der Waals surface area contributed by atoms with E-state index < -0.39 is 0 Å². The van der Waals surface area contributed by atoms with Crippen molar-refractivity contribution in [3.63, 3.8) is 0 Å². The van der Waals surface area contributed by atoms with Crippen LogP contribution in [-0.4, -0.2) is 26.8 Å². The number of carbonyl (C=O) groups is 1. The van der Waals surface area contributed by atoms with Gasteiger partial charge < -0.3 is 18.9 Å². The van der Waals surface area contributed by atoms with Gasteiger partial charge in [0.1, 0.15) is 29.2 Å². The third-order valence-electron chi connectivity index (χ3n) is 6.69. The first kappa shape index (κ1) is 22.3. The maximum atomic E-state index is 14.9. The van der Waals surface area contributed by atoms with Crippen LogP contribution in [0, 0.1) is 5.82 Å². The van der Waals surface area contributed by atoms with Crippen LogP contribution in [0.3, 0.4) is 0 Å². The molecular formula is C28H27FO5. The third kappa shape index (κ3) is 4.32. The zero-order valence-electron chi connectivity index (χ0n) is 19.3. The molecule has 0 N–H and O–H groups in total. The van der Waals surface area contributed by atoms with Gasteiger partial charge in [0.05, 0.1) is 27.2 Å². The molecule has 0 bridgehead atoms. The standard InChI is InChI=1S/C28H27FO5/c1-31-20-5-3-4-17(13-20)12-18-6-10-24(29)28-23(18)9-11-25(28)34-21-7-8-22-19(14-27(30)32-2)16-33-26(22)15-21/h3-8,10,13,15,19,25H,9,11-12,14,16H2,1-2H3/t19?,25-/m1/s1. The lowest BCUT2D eigenvalue weighted by molar-refractivity contribution is -0.141. The number of carbonyl (C=O) groups excluding carboxylic acids is 1. The Morgan fingerprint density at radius 3 is 2.79 bits per heavy atom. The van der Waals surface area contributed by atoms with E-state index in [1.807, 2.05) is 42.5 Å². The number of methoxy groups -OCH3 is 2. The summed E-state index contributed by atoms with van der Waals surface area (Å²) in [5.41, 5.74) is 4.87. The molecule has 2 atom stereocenters. The van der Waals surface area contributed by atoms with Gasteiger partial charge in [-0.3, -0.25) is 4.79 Å². The molecular weight excluding hydrogens is 435 g/mol. The van der Waals surface area contributed by atoms with E-state index in [0.717, 1.165) is 34.4 Å². The van der Waals surface area contributed by atoms with Gasteiger partial charge in [0.25, 0.3) is 0 Å². The summed E-state index contributed by atoms with van der Waals surface area (Å²) in [5, 5.41) is 0. The highest BCUT2D eigenvalue weighted by atomic mass is 19.1. The van der Waals surface area contributed by atoms with Crippen molar-refractivity contribution in [2.24, 2.45) is 0 Å². The highest BCUT2D eigenvalue weighted by molar-refractivity contribution is 5.71. The minimum absolute atomic E-state index is 0.0275. The van der Waals surface area contributed by atoms with E-state index in [1.54, 1.807) is 13.2 Å². The van der Waals surface area contributed by atoms with Crippen LogP contribution in [0.5, 0.6) is 17.2 Å². The summed E-state index contributed by atoms with van der Waals surface area (Å²) < 4.78 is 37.1. The van der Waals surface area contributed by atoms with E-state index in [9.17, 15) is 9.18 Å². The molecule has 1 heterocycles. The Morgan fingerprint density at radius 2 is 1.97 bits per heavy atom. The minimum Gasteiger partial charge on any atom is -0.497 e. The van der Waals surface area contributed by atoms with Crippen molar-refractivity contribution >= 4 is 5.97 Å². The fourth-order valence-corrected chi connectivity index (χ4v) is 4.98. The summed E-state index contributed by atoms with van der Waals surface area (Å²) in [7, 11) is 3.04. The van der Waals surface area contributed by atoms with Crippen LogP contribution in [-0.2, 0) is 22.4 Å². The van der Waals surface area contributed by atoms with E-state index in [2.05, 4.69) is 6.07 Å². The predicted octanol–water partition coefficient (Wildman–Crippen LogP) is 5.53. The van der Waals surface area contributed by atoms with Gasteiger partial charge in [0, 0.05) is 23.1 Å². The van der Waals surface area contributed by atoms with Gasteiger partial charge >= 0.3 is 5.97 Å². The molecule has 2 aliphatic rings. The van der Waals surface area contributed by atoms with E-state index in [1.165, 1.54) is 7.11 Å². The van der Waals surface area contributed by atoms with Crippen LogP contribution in [0.4, 0.5) is 4.39 Å². The van der Waals surface area contributed by atoms with E-state index in [4.69, 9.17) is 18.9 Å². The lowest BCUT2D eigenvalue weighted by Crippen LogP contribution is -2.09. The van der Waals surface area contributed by atoms with Crippen molar-refractivity contribution < 1.29 is 28.1 Å². The van der Waals surface area contributed by atoms with E-state index >= 15 is 0 Å². The zero-order chi connectivity index (χ0) is 23.7. The van der Waals surface area contributed by atoms with Crippen LogP contribution < -0.4 is 14.2 Å². The van der Waals surface area contributed by atoms with Crippen LogP contribution in [0.25, 0.3) is 0 Å². The Bertz CT molecular complexity index is 1220. The Hall–Kier alpha value is -3.54. The number of hydrogen-bond donors (Lipinski definition) is 0. The molecule has 1 aliphatic carbocycles. The van der Waals surface area contributed by atoms with Crippen LogP contribution in [0.15, 0.2) is 54.6 Å².